The van der Waals surface area contributed by atoms with E-state index in [1.54, 1.807) is 18.2 Å². The Morgan fingerprint density at radius 2 is 2.00 bits per heavy atom. The molecule has 1 heterocycles. The molecule has 0 unspecified atom stereocenters. The molecule has 5 heteroatoms. The summed E-state index contributed by atoms with van der Waals surface area (Å²) in [6, 6.07) is 8.42. The number of aromatic nitrogens is 1. The molecule has 2 rings (SSSR count). The van der Waals surface area contributed by atoms with Crippen LogP contribution < -0.4 is 5.56 Å². The summed E-state index contributed by atoms with van der Waals surface area (Å²) in [6.07, 6.45) is 1.46. The van der Waals surface area contributed by atoms with Crippen LogP contribution in [0, 0.1) is 13.8 Å². The molecule has 0 aliphatic rings. The number of nitrogens with zero attached hydrogens (tertiary/aromatic N) is 2. The minimum atomic E-state index is -0.191. The lowest BCUT2D eigenvalue weighted by atomic mass is 10.2. The summed E-state index contributed by atoms with van der Waals surface area (Å²) in [7, 11) is 0. The van der Waals surface area contributed by atoms with Crippen molar-refractivity contribution in [2.45, 2.75) is 13.8 Å². The van der Waals surface area contributed by atoms with Gasteiger partial charge in [0.2, 0.25) is 0 Å². The Labute approximate surface area is 119 Å². The summed E-state index contributed by atoms with van der Waals surface area (Å²) in [5, 5.41) is 13.8. The Hall–Kier alpha value is -1.88. The van der Waals surface area contributed by atoms with Crippen molar-refractivity contribution in [1.82, 2.24) is 4.68 Å². The van der Waals surface area contributed by atoms with Crippen LogP contribution in [0.2, 0.25) is 0 Å². The highest BCUT2D eigenvalue weighted by Crippen LogP contribution is 2.20. The van der Waals surface area contributed by atoms with Crippen molar-refractivity contribution in [1.29, 1.82) is 0 Å². The summed E-state index contributed by atoms with van der Waals surface area (Å²) in [5.41, 5.74) is 2.00. The number of phenols is 1. The lowest BCUT2D eigenvalue weighted by molar-refractivity contribution is 0.474. The zero-order valence-corrected chi connectivity index (χ0v) is 12.2. The van der Waals surface area contributed by atoms with Gasteiger partial charge in [0.1, 0.15) is 5.75 Å². The van der Waals surface area contributed by atoms with Crippen molar-refractivity contribution in [2.75, 3.05) is 0 Å². The standard InChI is InChI=1S/C14H13BrN2O2/c1-9-5-10(2)17(14(19)6-9)16-8-11-7-12(15)3-4-13(11)18/h3-8,18H,1-2H3/b16-8+. The van der Waals surface area contributed by atoms with Crippen LogP contribution in [0.5, 0.6) is 5.75 Å². The lowest BCUT2D eigenvalue weighted by Crippen LogP contribution is -2.18. The van der Waals surface area contributed by atoms with Gasteiger partial charge in [-0.15, -0.1) is 0 Å². The van der Waals surface area contributed by atoms with Crippen LogP contribution in [0.1, 0.15) is 16.8 Å². The van der Waals surface area contributed by atoms with Gasteiger partial charge < -0.3 is 5.11 Å². The van der Waals surface area contributed by atoms with E-state index in [9.17, 15) is 9.90 Å². The van der Waals surface area contributed by atoms with E-state index in [0.29, 0.717) is 5.56 Å². The molecule has 19 heavy (non-hydrogen) atoms. The molecule has 1 aromatic carbocycles. The predicted molar refractivity (Wildman–Crippen MR) is 79.0 cm³/mol. The first kappa shape index (κ1) is 13.5. The molecule has 1 N–H and O–H groups in total. The zero-order chi connectivity index (χ0) is 14.0. The van der Waals surface area contributed by atoms with Crippen molar-refractivity contribution in [3.05, 3.63) is 62.0 Å². The fourth-order valence-electron chi connectivity index (χ4n) is 1.76. The average molecular weight is 321 g/mol. The minimum absolute atomic E-state index is 0.116. The van der Waals surface area contributed by atoms with Gasteiger partial charge in [-0.25, -0.2) is 4.68 Å². The van der Waals surface area contributed by atoms with E-state index in [-0.39, 0.29) is 11.3 Å². The predicted octanol–water partition coefficient (Wildman–Crippen LogP) is 2.82. The highest BCUT2D eigenvalue weighted by molar-refractivity contribution is 9.10. The van der Waals surface area contributed by atoms with Crippen molar-refractivity contribution >= 4 is 22.1 Å². The molecule has 0 bridgehead atoms. The Bertz CT molecular complexity index is 705. The van der Waals surface area contributed by atoms with Gasteiger partial charge in [-0.05, 0) is 43.7 Å². The van der Waals surface area contributed by atoms with Crippen molar-refractivity contribution in [3.8, 4) is 5.75 Å². The van der Waals surface area contributed by atoms with Gasteiger partial charge in [0.05, 0.1) is 6.21 Å². The zero-order valence-electron chi connectivity index (χ0n) is 10.6. The molecule has 0 spiro atoms. The monoisotopic (exact) mass is 320 g/mol. The van der Waals surface area contributed by atoms with Crippen LogP contribution in [0.3, 0.4) is 0 Å². The molecule has 0 radical (unpaired) electrons. The molecule has 98 valence electrons. The Kier molecular flexibility index (Phi) is 3.85. The fraction of sp³-hybridized carbons (Fsp3) is 0.143. The van der Waals surface area contributed by atoms with Crippen LogP contribution in [0.15, 0.2) is 44.7 Å². The first-order valence-corrected chi connectivity index (χ1v) is 6.50. The Balaban J connectivity index is 2.44. The highest BCUT2D eigenvalue weighted by atomic mass is 79.9. The number of aryl methyl sites for hydroxylation is 2. The number of phenolic OH excluding ortho intramolecular Hbond substituents is 1. The second-order valence-electron chi connectivity index (χ2n) is 4.27. The van der Waals surface area contributed by atoms with Gasteiger partial charge >= 0.3 is 0 Å². The summed E-state index contributed by atoms with van der Waals surface area (Å²) in [4.78, 5) is 11.8. The first-order valence-electron chi connectivity index (χ1n) is 5.70. The molecule has 4 nitrogen and oxygen atoms in total. The average Bonchev–Trinajstić information content (AvgIpc) is 2.32. The third-order valence-corrected chi connectivity index (χ3v) is 3.13. The van der Waals surface area contributed by atoms with Gasteiger partial charge in [-0.1, -0.05) is 15.9 Å². The van der Waals surface area contributed by atoms with E-state index in [1.165, 1.54) is 17.0 Å². The number of halogens is 1. The van der Waals surface area contributed by atoms with Gasteiger partial charge in [0.15, 0.2) is 0 Å². The van der Waals surface area contributed by atoms with E-state index in [4.69, 9.17) is 0 Å². The number of benzene rings is 1. The SMILES string of the molecule is Cc1cc(C)n(/N=C/c2cc(Br)ccc2O)c(=O)c1. The molecule has 0 aliphatic heterocycles. The third-order valence-electron chi connectivity index (χ3n) is 2.63. The lowest BCUT2D eigenvalue weighted by Gasteiger charge is -2.04. The second kappa shape index (κ2) is 5.40. The van der Waals surface area contributed by atoms with E-state index in [2.05, 4.69) is 21.0 Å². The molecule has 0 saturated heterocycles. The molecule has 0 atom stereocenters. The summed E-state index contributed by atoms with van der Waals surface area (Å²) < 4.78 is 2.13. The van der Waals surface area contributed by atoms with Crippen LogP contribution in [0.25, 0.3) is 0 Å². The molecule has 1 aromatic heterocycles. The van der Waals surface area contributed by atoms with E-state index < -0.39 is 0 Å². The number of pyridine rings is 1. The fourth-order valence-corrected chi connectivity index (χ4v) is 2.14. The smallest absolute Gasteiger partial charge is 0.271 e. The maximum absolute atomic E-state index is 11.8. The van der Waals surface area contributed by atoms with Gasteiger partial charge in [-0.3, -0.25) is 4.79 Å². The topological polar surface area (TPSA) is 54.6 Å². The van der Waals surface area contributed by atoms with E-state index in [1.807, 2.05) is 19.9 Å². The molecule has 2 aromatic rings. The quantitative estimate of drug-likeness (QED) is 0.865. The molecule has 0 amide bonds. The minimum Gasteiger partial charge on any atom is -0.507 e. The van der Waals surface area contributed by atoms with E-state index >= 15 is 0 Å². The molecular formula is C14H13BrN2O2. The highest BCUT2D eigenvalue weighted by Gasteiger charge is 2.01. The summed E-state index contributed by atoms with van der Waals surface area (Å²) in [6.45, 7) is 3.68. The van der Waals surface area contributed by atoms with Gasteiger partial charge in [-0.2, -0.15) is 5.10 Å². The van der Waals surface area contributed by atoms with Crippen LogP contribution >= 0.6 is 15.9 Å². The molecule has 0 aliphatic carbocycles. The van der Waals surface area contributed by atoms with Crippen molar-refractivity contribution in [3.63, 3.8) is 0 Å². The van der Waals surface area contributed by atoms with Crippen LogP contribution in [0.4, 0.5) is 0 Å². The summed E-state index contributed by atoms with van der Waals surface area (Å²) in [5.74, 6) is 0.116. The molecular weight excluding hydrogens is 308 g/mol. The van der Waals surface area contributed by atoms with Crippen molar-refractivity contribution < 1.29 is 5.11 Å². The first-order chi connectivity index (χ1) is 8.97. The number of hydrogen-bond acceptors (Lipinski definition) is 3. The molecule has 0 saturated carbocycles. The summed E-state index contributed by atoms with van der Waals surface area (Å²) >= 11 is 3.32. The third kappa shape index (κ3) is 3.12. The Morgan fingerprint density at radius 3 is 2.68 bits per heavy atom. The normalized spacial score (nSPS) is 11.1. The maximum atomic E-state index is 11.8. The van der Waals surface area contributed by atoms with Crippen molar-refractivity contribution in [2.24, 2.45) is 5.10 Å². The maximum Gasteiger partial charge on any atom is 0.271 e. The van der Waals surface area contributed by atoms with Gasteiger partial charge in [0, 0.05) is 21.8 Å². The molecule has 0 fully saturated rings. The largest absolute Gasteiger partial charge is 0.507 e. The number of hydrogen-bond donors (Lipinski definition) is 1. The number of rotatable bonds is 2. The number of aromatic hydroxyl groups is 1. The van der Waals surface area contributed by atoms with E-state index in [0.717, 1.165) is 15.7 Å². The van der Waals surface area contributed by atoms with Crippen LogP contribution in [-0.4, -0.2) is 16.0 Å². The second-order valence-corrected chi connectivity index (χ2v) is 5.19. The van der Waals surface area contributed by atoms with Crippen LogP contribution in [-0.2, 0) is 0 Å². The van der Waals surface area contributed by atoms with Gasteiger partial charge in [0.25, 0.3) is 5.56 Å². The Morgan fingerprint density at radius 1 is 1.26 bits per heavy atom.